The van der Waals surface area contributed by atoms with Crippen LogP contribution in [-0.4, -0.2) is 18.9 Å². The van der Waals surface area contributed by atoms with Crippen molar-refractivity contribution in [1.82, 2.24) is 5.77 Å². The summed E-state index contributed by atoms with van der Waals surface area (Å²) >= 11 is 4.52. The molecule has 0 aromatic rings. The topological polar surface area (TPSA) is 6.48 Å². The fourth-order valence-corrected chi connectivity index (χ4v) is 1.42. The van der Waals surface area contributed by atoms with Gasteiger partial charge in [-0.05, 0) is 6.42 Å². The molecule has 0 aromatic heterocycles. The van der Waals surface area contributed by atoms with E-state index in [0.717, 1.165) is 13.1 Å². The fourth-order valence-electron chi connectivity index (χ4n) is 0.373. The van der Waals surface area contributed by atoms with Crippen molar-refractivity contribution in [2.45, 2.75) is 6.42 Å². The van der Waals surface area contributed by atoms with Crippen LogP contribution in [0.5, 0.6) is 0 Å². The smallest absolute Gasteiger partial charge is 0.0238 e. The van der Waals surface area contributed by atoms with Crippen LogP contribution in [0.3, 0.4) is 0 Å². The molecule has 0 fully saturated rings. The Morgan fingerprint density at radius 2 is 1.33 bits per heavy atom. The summed E-state index contributed by atoms with van der Waals surface area (Å²) in [6.45, 7) is 2.25. The zero-order valence-electron chi connectivity index (χ0n) is 4.93. The SMILES string of the molecule is PN(I)CCCN(P)I. The first-order chi connectivity index (χ1) is 4.13. The van der Waals surface area contributed by atoms with Crippen molar-refractivity contribution in [2.75, 3.05) is 13.1 Å². The van der Waals surface area contributed by atoms with Crippen LogP contribution in [0.4, 0.5) is 0 Å². The highest BCUT2D eigenvalue weighted by molar-refractivity contribution is 14.1. The minimum atomic E-state index is 1.12. The van der Waals surface area contributed by atoms with E-state index in [9.17, 15) is 0 Å². The van der Waals surface area contributed by atoms with Crippen LogP contribution in [0.2, 0.25) is 0 Å². The average Bonchev–Trinajstić information content (AvgIpc) is 1.63. The highest BCUT2D eigenvalue weighted by Crippen LogP contribution is 2.10. The summed E-state index contributed by atoms with van der Waals surface area (Å²) in [6.07, 6.45) is 1.21. The Bertz CT molecular complexity index is 62.8. The lowest BCUT2D eigenvalue weighted by Crippen LogP contribution is -2.06. The van der Waals surface area contributed by atoms with Crippen molar-refractivity contribution in [3.05, 3.63) is 0 Å². The minimum absolute atomic E-state index is 1.12. The van der Waals surface area contributed by atoms with Gasteiger partial charge in [-0.1, -0.05) is 18.8 Å². The summed E-state index contributed by atoms with van der Waals surface area (Å²) in [5.41, 5.74) is 0. The van der Waals surface area contributed by atoms with E-state index in [1.165, 1.54) is 6.42 Å². The highest BCUT2D eigenvalue weighted by Gasteiger charge is 1.93. The monoisotopic (exact) mass is 390 g/mol. The molecule has 6 heteroatoms. The number of hydrogen-bond donors (Lipinski definition) is 0. The molecule has 0 spiro atoms. The molecular weight excluding hydrogens is 380 g/mol. The molecule has 2 unspecified atom stereocenters. The predicted octanol–water partition coefficient (Wildman–Crippen LogP) is 2.26. The maximum absolute atomic E-state index is 2.63. The van der Waals surface area contributed by atoms with Gasteiger partial charge in [0.05, 0.1) is 0 Å². The predicted molar refractivity (Wildman–Crippen MR) is 65.5 cm³/mol. The molecule has 2 nitrogen and oxygen atoms in total. The van der Waals surface area contributed by atoms with Crippen molar-refractivity contribution >= 4 is 64.5 Å². The third-order valence-corrected chi connectivity index (χ3v) is 2.22. The van der Waals surface area contributed by atoms with Gasteiger partial charge in [0.1, 0.15) is 0 Å². The van der Waals surface area contributed by atoms with E-state index in [4.69, 9.17) is 0 Å². The summed E-state index contributed by atoms with van der Waals surface area (Å²) in [5, 5.41) is 0. The normalized spacial score (nSPS) is 11.3. The molecule has 0 aromatic carbocycles. The molecule has 0 saturated carbocycles. The van der Waals surface area contributed by atoms with Crippen LogP contribution >= 0.6 is 64.5 Å². The maximum Gasteiger partial charge on any atom is 0.0238 e. The molecule has 0 saturated heterocycles. The first kappa shape index (κ1) is 11.2. The molecule has 56 valence electrons. The molecule has 0 radical (unpaired) electrons. The third-order valence-electron chi connectivity index (χ3n) is 0.743. The van der Waals surface area contributed by atoms with E-state index in [0.29, 0.717) is 0 Å². The zero-order chi connectivity index (χ0) is 7.28. The van der Waals surface area contributed by atoms with Gasteiger partial charge in [0.15, 0.2) is 0 Å². The summed E-state index contributed by atoms with van der Waals surface area (Å²) in [4.78, 5) is 0. The average molecular weight is 390 g/mol. The van der Waals surface area contributed by atoms with Gasteiger partial charge in [0.2, 0.25) is 0 Å². The molecule has 0 rings (SSSR count). The maximum atomic E-state index is 2.63. The van der Waals surface area contributed by atoms with Crippen LogP contribution in [-0.2, 0) is 0 Å². The van der Waals surface area contributed by atoms with Gasteiger partial charge in [-0.15, -0.1) is 0 Å². The number of halogens is 2. The van der Waals surface area contributed by atoms with Gasteiger partial charge in [0, 0.05) is 58.8 Å². The molecule has 0 amide bonds. The van der Waals surface area contributed by atoms with Gasteiger partial charge in [-0.25, -0.2) is 5.77 Å². The molecule has 2 atom stereocenters. The Morgan fingerprint density at radius 3 is 1.56 bits per heavy atom. The van der Waals surface area contributed by atoms with E-state index >= 15 is 0 Å². The zero-order valence-corrected chi connectivity index (χ0v) is 11.6. The molecule has 0 aliphatic heterocycles. The Labute approximate surface area is 89.0 Å². The molecular formula is C3H10I2N2P2. The Balaban J connectivity index is 2.91. The second kappa shape index (κ2) is 6.92. The standard InChI is InChI=1S/C3H10I2N2P2/c4-6(8)2-1-3-7(5)9/h1-3,8-9H2. The van der Waals surface area contributed by atoms with Crippen molar-refractivity contribution in [3.8, 4) is 0 Å². The molecule has 9 heavy (non-hydrogen) atoms. The van der Waals surface area contributed by atoms with E-state index in [2.05, 4.69) is 70.3 Å². The lowest BCUT2D eigenvalue weighted by molar-refractivity contribution is 0.642. The Morgan fingerprint density at radius 1 is 1.00 bits per heavy atom. The number of hydrogen-bond acceptors (Lipinski definition) is 2. The summed E-state index contributed by atoms with van der Waals surface area (Å²) in [5.74, 6) is 0. The number of nitrogens with zero attached hydrogens (tertiary/aromatic N) is 2. The molecule has 0 aliphatic carbocycles. The Hall–Kier alpha value is 2.24. The summed E-state index contributed by atoms with van der Waals surface area (Å²) in [7, 11) is 5.26. The van der Waals surface area contributed by atoms with Crippen molar-refractivity contribution in [1.29, 1.82) is 0 Å². The van der Waals surface area contributed by atoms with Crippen LogP contribution < -0.4 is 0 Å². The van der Waals surface area contributed by atoms with Crippen LogP contribution in [0.1, 0.15) is 6.42 Å². The van der Waals surface area contributed by atoms with Crippen molar-refractivity contribution in [3.63, 3.8) is 0 Å². The number of rotatable bonds is 4. The summed E-state index contributed by atoms with van der Waals surface area (Å²) in [6, 6.07) is 0. The van der Waals surface area contributed by atoms with Gasteiger partial charge >= 0.3 is 0 Å². The van der Waals surface area contributed by atoms with Crippen molar-refractivity contribution < 1.29 is 0 Å². The second-order valence-corrected chi connectivity index (χ2v) is 7.43. The van der Waals surface area contributed by atoms with E-state index < -0.39 is 0 Å². The first-order valence-corrected chi connectivity index (χ1v) is 5.45. The molecule has 0 bridgehead atoms. The molecule has 0 aliphatic rings. The lowest BCUT2D eigenvalue weighted by Gasteiger charge is -2.08. The quantitative estimate of drug-likeness (QED) is 0.413. The van der Waals surface area contributed by atoms with Crippen molar-refractivity contribution in [2.24, 2.45) is 0 Å². The largest absolute Gasteiger partial charge is 0.232 e. The van der Waals surface area contributed by atoms with Crippen LogP contribution in [0.25, 0.3) is 0 Å². The molecule has 0 N–H and O–H groups in total. The van der Waals surface area contributed by atoms with E-state index in [-0.39, 0.29) is 0 Å². The van der Waals surface area contributed by atoms with Gasteiger partial charge in [-0.2, -0.15) is 0 Å². The minimum Gasteiger partial charge on any atom is -0.232 e. The van der Waals surface area contributed by atoms with Crippen LogP contribution in [0, 0.1) is 0 Å². The van der Waals surface area contributed by atoms with Gasteiger partial charge in [0.25, 0.3) is 0 Å². The summed E-state index contributed by atoms with van der Waals surface area (Å²) < 4.78 is 4.17. The Kier molecular flexibility index (Phi) is 8.64. The van der Waals surface area contributed by atoms with Crippen LogP contribution in [0.15, 0.2) is 0 Å². The van der Waals surface area contributed by atoms with E-state index in [1.807, 2.05) is 0 Å². The third kappa shape index (κ3) is 10.2. The fraction of sp³-hybridized carbons (Fsp3) is 1.00. The van der Waals surface area contributed by atoms with Gasteiger partial charge < -0.3 is 0 Å². The first-order valence-electron chi connectivity index (χ1n) is 2.49. The van der Waals surface area contributed by atoms with E-state index in [1.54, 1.807) is 0 Å². The van der Waals surface area contributed by atoms with Gasteiger partial charge in [-0.3, -0.25) is 0 Å². The highest BCUT2D eigenvalue weighted by atomic mass is 127. The second-order valence-electron chi connectivity index (χ2n) is 1.60. The lowest BCUT2D eigenvalue weighted by atomic mass is 10.4. The molecule has 0 heterocycles.